The van der Waals surface area contributed by atoms with E-state index in [1.54, 1.807) is 36.4 Å². The quantitative estimate of drug-likeness (QED) is 0.285. The number of carbonyl (C=O) groups is 1. The molecule has 0 saturated carbocycles. The van der Waals surface area contributed by atoms with E-state index in [4.69, 9.17) is 33.9 Å². The molecule has 176 valence electrons. The summed E-state index contributed by atoms with van der Waals surface area (Å²) in [5.41, 5.74) is 3.76. The van der Waals surface area contributed by atoms with Gasteiger partial charge in [-0.3, -0.25) is 10.2 Å². The Bertz CT molecular complexity index is 1190. The van der Waals surface area contributed by atoms with Crippen LogP contribution in [0.4, 0.5) is 22.7 Å². The molecule has 0 radical (unpaired) electrons. The second kappa shape index (κ2) is 12.6. The van der Waals surface area contributed by atoms with Crippen LogP contribution < -0.4 is 61.6 Å². The predicted molar refractivity (Wildman–Crippen MR) is 142 cm³/mol. The Hall–Kier alpha value is -1.58. The summed E-state index contributed by atoms with van der Waals surface area (Å²) in [6, 6.07) is 17.9. The molecule has 4 rings (SSSR count). The summed E-state index contributed by atoms with van der Waals surface area (Å²) < 4.78 is 0. The van der Waals surface area contributed by atoms with Crippen LogP contribution in [0.5, 0.6) is 0 Å². The number of hydrogen-bond donors (Lipinski definition) is 2. The average Bonchev–Trinajstić information content (AvgIpc) is 3.36. The maximum Gasteiger partial charge on any atom is 1.00 e. The van der Waals surface area contributed by atoms with Crippen LogP contribution in [0.1, 0.15) is 28.8 Å². The van der Waals surface area contributed by atoms with Gasteiger partial charge in [0, 0.05) is 59.7 Å². The number of nitrogens with zero attached hydrogens (tertiary/aromatic N) is 3. The molecule has 6 nitrogen and oxygen atoms in total. The molecular formula is C26H26Cl2KN5O. The molecular weight excluding hydrogens is 508 g/mol. The van der Waals surface area contributed by atoms with Crippen molar-refractivity contribution in [3.8, 4) is 0 Å². The number of carbonyl (C=O) groups excluding carboxylic acids is 1. The van der Waals surface area contributed by atoms with Gasteiger partial charge in [-0.25, -0.2) is 0 Å². The standard InChI is InChI=1S/C26H27Cl2N5O.K/c1-32(2)23-16-19(28)15-22(26(34)31-21-11-7-18(27)8-12-21)24(23)30-20-9-5-17(6-10-20)25(29)33-13-3-4-14-33;/h5-12,15-16H,3-4,13-14H2,1-2H3,(H3,29,30,31,34);/q;+1/p-1. The van der Waals surface area contributed by atoms with Crippen LogP contribution in [0, 0.1) is 5.41 Å². The maximum absolute atomic E-state index is 13.2. The summed E-state index contributed by atoms with van der Waals surface area (Å²) in [5.74, 6) is 0.214. The van der Waals surface area contributed by atoms with Crippen LogP contribution in [0.25, 0.3) is 5.32 Å². The number of halogens is 2. The van der Waals surface area contributed by atoms with Gasteiger partial charge >= 0.3 is 51.4 Å². The molecule has 3 aromatic carbocycles. The van der Waals surface area contributed by atoms with Gasteiger partial charge in [0.15, 0.2) is 0 Å². The van der Waals surface area contributed by atoms with E-state index in [1.807, 2.05) is 43.3 Å². The van der Waals surface area contributed by atoms with Gasteiger partial charge in [0.2, 0.25) is 0 Å². The SMILES string of the molecule is CN(C)c1cc(Cl)cc(C(=O)Nc2ccc(Cl)cc2)c1[N-]c1ccc(C(=N)N2CCCC2)cc1.[K+]. The fourth-order valence-electron chi connectivity index (χ4n) is 3.89. The zero-order valence-corrected chi connectivity index (χ0v) is 24.7. The topological polar surface area (TPSA) is 73.5 Å². The largest absolute Gasteiger partial charge is 1.00 e. The van der Waals surface area contributed by atoms with E-state index in [0.717, 1.165) is 37.2 Å². The fourth-order valence-corrected chi connectivity index (χ4v) is 4.23. The third-order valence-corrected chi connectivity index (χ3v) is 6.16. The Morgan fingerprint density at radius 3 is 2.20 bits per heavy atom. The summed E-state index contributed by atoms with van der Waals surface area (Å²) in [4.78, 5) is 17.2. The first-order valence-corrected chi connectivity index (χ1v) is 11.8. The number of rotatable bonds is 6. The molecule has 1 fully saturated rings. The van der Waals surface area contributed by atoms with E-state index in [9.17, 15) is 4.79 Å². The van der Waals surface area contributed by atoms with Crippen LogP contribution in [0.15, 0.2) is 60.7 Å². The molecule has 0 spiro atoms. The number of nitrogens with one attached hydrogen (secondary N) is 2. The Morgan fingerprint density at radius 1 is 0.971 bits per heavy atom. The van der Waals surface area contributed by atoms with Crippen molar-refractivity contribution in [1.29, 1.82) is 5.41 Å². The first kappa shape index (κ1) is 28.0. The number of benzene rings is 3. The molecule has 1 aliphatic rings. The van der Waals surface area contributed by atoms with Crippen LogP contribution in [-0.4, -0.2) is 43.8 Å². The van der Waals surface area contributed by atoms with Crippen molar-refractivity contribution in [3.63, 3.8) is 0 Å². The molecule has 0 atom stereocenters. The molecule has 35 heavy (non-hydrogen) atoms. The molecule has 1 heterocycles. The molecule has 0 bridgehead atoms. The van der Waals surface area contributed by atoms with Gasteiger partial charge in [-0.15, -0.1) is 5.69 Å². The minimum Gasteiger partial charge on any atom is -0.656 e. The first-order chi connectivity index (χ1) is 16.3. The van der Waals surface area contributed by atoms with Gasteiger partial charge in [0.1, 0.15) is 5.84 Å². The van der Waals surface area contributed by atoms with Gasteiger partial charge in [-0.1, -0.05) is 53.2 Å². The van der Waals surface area contributed by atoms with E-state index in [2.05, 4.69) is 10.2 Å². The first-order valence-electron chi connectivity index (χ1n) is 11.1. The van der Waals surface area contributed by atoms with Crippen LogP contribution >= 0.6 is 23.2 Å². The third-order valence-electron chi connectivity index (χ3n) is 5.69. The normalized spacial score (nSPS) is 12.6. The number of anilines is 2. The summed E-state index contributed by atoms with van der Waals surface area (Å²) in [6.45, 7) is 1.85. The molecule has 2 N–H and O–H groups in total. The van der Waals surface area contributed by atoms with Gasteiger partial charge in [-0.05, 0) is 49.2 Å². The second-order valence-corrected chi connectivity index (χ2v) is 9.25. The molecule has 1 amide bonds. The van der Waals surface area contributed by atoms with Gasteiger partial charge in [0.05, 0.1) is 0 Å². The van der Waals surface area contributed by atoms with E-state index >= 15 is 0 Å². The molecule has 0 aromatic heterocycles. The van der Waals surface area contributed by atoms with E-state index in [0.29, 0.717) is 38.5 Å². The van der Waals surface area contributed by atoms with Crippen LogP contribution in [0.3, 0.4) is 0 Å². The van der Waals surface area contributed by atoms with Crippen molar-refractivity contribution in [2.24, 2.45) is 0 Å². The molecule has 1 aliphatic heterocycles. The number of amides is 1. The zero-order chi connectivity index (χ0) is 24.2. The van der Waals surface area contributed by atoms with Crippen LogP contribution in [0.2, 0.25) is 10.0 Å². The van der Waals surface area contributed by atoms with E-state index in [-0.39, 0.29) is 57.3 Å². The molecule has 0 unspecified atom stereocenters. The molecule has 3 aromatic rings. The number of hydrogen-bond acceptors (Lipinski definition) is 3. The summed E-state index contributed by atoms with van der Waals surface area (Å²) in [5, 5.41) is 17.2. The Labute approximate surface area is 258 Å². The Balaban J connectivity index is 0.00000342. The van der Waals surface area contributed by atoms with Crippen molar-refractivity contribution in [1.82, 2.24) is 4.90 Å². The fraction of sp³-hybridized carbons (Fsp3) is 0.231. The minimum absolute atomic E-state index is 0. The summed E-state index contributed by atoms with van der Waals surface area (Å²) in [6.07, 6.45) is 2.25. The van der Waals surface area contributed by atoms with Crippen molar-refractivity contribution in [3.05, 3.63) is 87.2 Å². The second-order valence-electron chi connectivity index (χ2n) is 8.38. The zero-order valence-electron chi connectivity index (χ0n) is 20.1. The molecule has 0 aliphatic carbocycles. The van der Waals surface area contributed by atoms with Crippen molar-refractivity contribution in [2.75, 3.05) is 37.4 Å². The van der Waals surface area contributed by atoms with Crippen molar-refractivity contribution < 1.29 is 56.2 Å². The minimum atomic E-state index is -0.320. The van der Waals surface area contributed by atoms with Gasteiger partial charge in [0.25, 0.3) is 5.91 Å². The molecule has 1 saturated heterocycles. The van der Waals surface area contributed by atoms with Gasteiger partial charge in [-0.2, -0.15) is 0 Å². The number of amidine groups is 1. The molecule has 9 heteroatoms. The van der Waals surface area contributed by atoms with Crippen molar-refractivity contribution >= 4 is 57.7 Å². The Morgan fingerprint density at radius 2 is 1.60 bits per heavy atom. The smallest absolute Gasteiger partial charge is 0.656 e. The number of likely N-dealkylation sites (tertiary alicyclic amines) is 1. The van der Waals surface area contributed by atoms with Crippen LogP contribution in [-0.2, 0) is 0 Å². The maximum atomic E-state index is 13.2. The van der Waals surface area contributed by atoms with Crippen molar-refractivity contribution in [2.45, 2.75) is 12.8 Å². The predicted octanol–water partition coefficient (Wildman–Crippen LogP) is 4.07. The van der Waals surface area contributed by atoms with E-state index in [1.165, 1.54) is 0 Å². The Kier molecular flexibility index (Phi) is 10.1. The average molecular weight is 535 g/mol. The van der Waals surface area contributed by atoms with E-state index < -0.39 is 0 Å². The van der Waals surface area contributed by atoms with Gasteiger partial charge < -0.3 is 20.4 Å². The third kappa shape index (κ3) is 7.01. The summed E-state index contributed by atoms with van der Waals surface area (Å²) >= 11 is 12.3. The summed E-state index contributed by atoms with van der Waals surface area (Å²) in [7, 11) is 3.76. The monoisotopic (exact) mass is 533 g/mol.